The Balaban J connectivity index is 3.06. The largest absolute Gasteiger partial charge is 0.494 e. The molecule has 4 N–H and O–H groups in total. The van der Waals surface area contributed by atoms with Crippen LogP contribution in [0.3, 0.4) is 0 Å². The average molecular weight is 282 g/mol. The van der Waals surface area contributed by atoms with E-state index in [1.807, 2.05) is 0 Å². The lowest BCUT2D eigenvalue weighted by molar-refractivity contribution is -0.150. The lowest BCUT2D eigenvalue weighted by Gasteiger charge is -2.38. The van der Waals surface area contributed by atoms with Crippen molar-refractivity contribution in [3.05, 3.63) is 28.0 Å². The highest BCUT2D eigenvalue weighted by molar-refractivity contribution is 5.95. The zero-order valence-corrected chi connectivity index (χ0v) is 11.8. The molecule has 20 heavy (non-hydrogen) atoms. The van der Waals surface area contributed by atoms with E-state index in [0.29, 0.717) is 0 Å². The van der Waals surface area contributed by atoms with Crippen LogP contribution in [-0.4, -0.2) is 32.6 Å². The van der Waals surface area contributed by atoms with E-state index in [4.69, 9.17) is 0 Å². The second-order valence-electron chi connectivity index (χ2n) is 5.63. The maximum atomic E-state index is 12.1. The van der Waals surface area contributed by atoms with Crippen molar-refractivity contribution in [3.8, 4) is 5.88 Å². The lowest BCUT2D eigenvalue weighted by Crippen LogP contribution is -2.57. The zero-order chi connectivity index (χ0) is 15.7. The molecule has 0 aromatic carbocycles. The summed E-state index contributed by atoms with van der Waals surface area (Å²) in [5.41, 5.74) is -2.94. The zero-order valence-electron chi connectivity index (χ0n) is 11.8. The number of pyridine rings is 1. The molecule has 0 saturated heterocycles. The standard InChI is InChI=1S/C13H18N2O5/c1-12(2,11(19)20)13(3,4)15-10(18)7-5-8(16)14-9(17)6-7/h5-6H,1-4H3,(H,15,18)(H,19,20)(H2,14,16,17). The monoisotopic (exact) mass is 282 g/mol. The van der Waals surface area contributed by atoms with E-state index in [1.165, 1.54) is 13.8 Å². The van der Waals surface area contributed by atoms with Gasteiger partial charge in [-0.15, -0.1) is 0 Å². The van der Waals surface area contributed by atoms with Crippen molar-refractivity contribution in [3.63, 3.8) is 0 Å². The predicted octanol–water partition coefficient (Wildman–Crippen LogP) is 0.700. The van der Waals surface area contributed by atoms with Gasteiger partial charge in [0.05, 0.1) is 16.5 Å². The highest BCUT2D eigenvalue weighted by Crippen LogP contribution is 2.31. The van der Waals surface area contributed by atoms with Gasteiger partial charge >= 0.3 is 5.97 Å². The van der Waals surface area contributed by atoms with Gasteiger partial charge in [0.2, 0.25) is 0 Å². The smallest absolute Gasteiger partial charge is 0.311 e. The van der Waals surface area contributed by atoms with Crippen molar-refractivity contribution in [1.82, 2.24) is 10.3 Å². The number of carbonyl (C=O) groups is 2. The summed E-state index contributed by atoms with van der Waals surface area (Å²) in [6.45, 7) is 6.13. The summed E-state index contributed by atoms with van der Waals surface area (Å²) in [7, 11) is 0. The van der Waals surface area contributed by atoms with Gasteiger partial charge in [0.15, 0.2) is 5.88 Å². The van der Waals surface area contributed by atoms with Crippen molar-refractivity contribution in [2.24, 2.45) is 5.41 Å². The van der Waals surface area contributed by atoms with E-state index < -0.39 is 34.3 Å². The molecule has 0 aliphatic heterocycles. The van der Waals surface area contributed by atoms with Gasteiger partial charge in [0.25, 0.3) is 11.5 Å². The summed E-state index contributed by atoms with van der Waals surface area (Å²) in [4.78, 5) is 36.6. The van der Waals surface area contributed by atoms with Crippen LogP contribution >= 0.6 is 0 Å². The fourth-order valence-electron chi connectivity index (χ4n) is 1.44. The van der Waals surface area contributed by atoms with Gasteiger partial charge in [0, 0.05) is 12.1 Å². The normalized spacial score (nSPS) is 12.0. The van der Waals surface area contributed by atoms with Gasteiger partial charge in [-0.2, -0.15) is 0 Å². The van der Waals surface area contributed by atoms with Gasteiger partial charge in [-0.1, -0.05) is 0 Å². The van der Waals surface area contributed by atoms with Gasteiger partial charge in [0.1, 0.15) is 0 Å². The molecule has 7 heteroatoms. The summed E-state index contributed by atoms with van der Waals surface area (Å²) >= 11 is 0. The summed E-state index contributed by atoms with van der Waals surface area (Å²) in [5.74, 6) is -2.12. The van der Waals surface area contributed by atoms with E-state index in [9.17, 15) is 24.6 Å². The lowest BCUT2D eigenvalue weighted by atomic mass is 9.74. The number of carboxylic acids is 1. The van der Waals surface area contributed by atoms with Crippen LogP contribution in [0.15, 0.2) is 16.9 Å². The molecule has 1 amide bonds. The van der Waals surface area contributed by atoms with E-state index in [0.717, 1.165) is 12.1 Å². The van der Waals surface area contributed by atoms with Crippen molar-refractivity contribution in [1.29, 1.82) is 0 Å². The molecule has 0 saturated carbocycles. The minimum absolute atomic E-state index is 0.0412. The first-order valence-corrected chi connectivity index (χ1v) is 5.96. The van der Waals surface area contributed by atoms with Crippen LogP contribution in [0.2, 0.25) is 0 Å². The Kier molecular flexibility index (Phi) is 3.93. The Morgan fingerprint density at radius 1 is 1.20 bits per heavy atom. The summed E-state index contributed by atoms with van der Waals surface area (Å²) in [6, 6.07) is 2.12. The number of carboxylic acid groups (broad SMARTS) is 1. The number of amides is 1. The van der Waals surface area contributed by atoms with Crippen molar-refractivity contribution < 1.29 is 19.8 Å². The number of hydrogen-bond donors (Lipinski definition) is 4. The van der Waals surface area contributed by atoms with E-state index in [1.54, 1.807) is 13.8 Å². The van der Waals surface area contributed by atoms with Crippen LogP contribution in [0.1, 0.15) is 38.1 Å². The van der Waals surface area contributed by atoms with E-state index in [-0.39, 0.29) is 5.56 Å². The third kappa shape index (κ3) is 2.98. The number of aliphatic carboxylic acids is 1. The van der Waals surface area contributed by atoms with Crippen molar-refractivity contribution in [2.45, 2.75) is 33.2 Å². The Morgan fingerprint density at radius 2 is 1.75 bits per heavy atom. The summed E-state index contributed by atoms with van der Waals surface area (Å²) in [5, 5.41) is 21.0. The first-order chi connectivity index (χ1) is 8.97. The molecule has 0 spiro atoms. The molecular weight excluding hydrogens is 264 g/mol. The third-order valence-corrected chi connectivity index (χ3v) is 3.62. The highest BCUT2D eigenvalue weighted by Gasteiger charge is 2.44. The van der Waals surface area contributed by atoms with Crippen LogP contribution in [0.4, 0.5) is 0 Å². The Morgan fingerprint density at radius 3 is 2.20 bits per heavy atom. The molecule has 0 fully saturated rings. The fourth-order valence-corrected chi connectivity index (χ4v) is 1.44. The summed E-state index contributed by atoms with van der Waals surface area (Å²) in [6.07, 6.45) is 0. The van der Waals surface area contributed by atoms with Crippen LogP contribution in [-0.2, 0) is 4.79 Å². The molecule has 0 bridgehead atoms. The number of H-pyrrole nitrogens is 1. The average Bonchev–Trinajstić information content (AvgIpc) is 2.26. The molecule has 1 aromatic heterocycles. The molecule has 0 aliphatic carbocycles. The number of aromatic hydroxyl groups is 1. The molecule has 7 nitrogen and oxygen atoms in total. The number of aromatic amines is 1. The molecule has 0 aliphatic rings. The fraction of sp³-hybridized carbons (Fsp3) is 0.462. The topological polar surface area (TPSA) is 119 Å². The quantitative estimate of drug-likeness (QED) is 0.648. The van der Waals surface area contributed by atoms with Gasteiger partial charge in [-0.05, 0) is 27.7 Å². The minimum atomic E-state index is -1.22. The van der Waals surface area contributed by atoms with Gasteiger partial charge in [-0.3, -0.25) is 19.4 Å². The SMILES string of the molecule is CC(C)(NC(=O)c1cc(O)[nH]c(=O)c1)C(C)(C)C(=O)O. The van der Waals surface area contributed by atoms with Crippen LogP contribution in [0.5, 0.6) is 5.88 Å². The van der Waals surface area contributed by atoms with E-state index >= 15 is 0 Å². The van der Waals surface area contributed by atoms with Crippen LogP contribution in [0.25, 0.3) is 0 Å². The minimum Gasteiger partial charge on any atom is -0.494 e. The second kappa shape index (κ2) is 4.99. The Bertz CT molecular complexity index is 601. The first kappa shape index (κ1) is 15.7. The highest BCUT2D eigenvalue weighted by atomic mass is 16.4. The van der Waals surface area contributed by atoms with E-state index in [2.05, 4.69) is 10.3 Å². The maximum Gasteiger partial charge on any atom is 0.311 e. The van der Waals surface area contributed by atoms with Crippen molar-refractivity contribution >= 4 is 11.9 Å². The molecular formula is C13H18N2O5. The molecule has 0 radical (unpaired) electrons. The molecule has 110 valence electrons. The maximum absolute atomic E-state index is 12.1. The summed E-state index contributed by atoms with van der Waals surface area (Å²) < 4.78 is 0. The van der Waals surface area contributed by atoms with Crippen LogP contribution in [0, 0.1) is 5.41 Å². The number of carbonyl (C=O) groups excluding carboxylic acids is 1. The molecule has 1 rings (SSSR count). The number of hydrogen-bond acceptors (Lipinski definition) is 4. The predicted molar refractivity (Wildman–Crippen MR) is 71.7 cm³/mol. The van der Waals surface area contributed by atoms with Crippen LogP contribution < -0.4 is 10.9 Å². The number of rotatable bonds is 4. The molecule has 0 unspecified atom stereocenters. The Hall–Kier alpha value is -2.31. The molecule has 0 atom stereocenters. The van der Waals surface area contributed by atoms with Gasteiger partial charge in [-0.25, -0.2) is 0 Å². The third-order valence-electron chi connectivity index (χ3n) is 3.62. The molecule has 1 aromatic rings. The first-order valence-electron chi connectivity index (χ1n) is 5.96. The number of nitrogens with one attached hydrogen (secondary N) is 2. The van der Waals surface area contributed by atoms with Gasteiger partial charge < -0.3 is 15.5 Å². The number of aromatic nitrogens is 1. The Labute approximate surface area is 115 Å². The second-order valence-corrected chi connectivity index (χ2v) is 5.63. The molecule has 1 heterocycles. The van der Waals surface area contributed by atoms with Crippen molar-refractivity contribution in [2.75, 3.05) is 0 Å².